The predicted molar refractivity (Wildman–Crippen MR) is 64.4 cm³/mol. The SMILES string of the molecule is CCCC1CC(NCC(F)(F)F)CN(CCO)C1. The van der Waals surface area contributed by atoms with E-state index in [0.717, 1.165) is 25.8 Å². The minimum atomic E-state index is -4.15. The van der Waals surface area contributed by atoms with Crippen LogP contribution < -0.4 is 5.32 Å². The largest absolute Gasteiger partial charge is 0.401 e. The third kappa shape index (κ3) is 6.02. The van der Waals surface area contributed by atoms with Gasteiger partial charge < -0.3 is 10.4 Å². The molecule has 2 unspecified atom stereocenters. The van der Waals surface area contributed by atoms with Crippen LogP contribution in [0.3, 0.4) is 0 Å². The molecule has 6 heteroatoms. The second kappa shape index (κ2) is 7.31. The lowest BCUT2D eigenvalue weighted by Crippen LogP contribution is -2.51. The summed E-state index contributed by atoms with van der Waals surface area (Å²) in [7, 11) is 0. The van der Waals surface area contributed by atoms with Gasteiger partial charge in [0.15, 0.2) is 0 Å². The van der Waals surface area contributed by atoms with Gasteiger partial charge in [-0.05, 0) is 18.8 Å². The van der Waals surface area contributed by atoms with E-state index in [1.165, 1.54) is 0 Å². The Morgan fingerprint density at radius 3 is 2.61 bits per heavy atom. The summed E-state index contributed by atoms with van der Waals surface area (Å²) >= 11 is 0. The van der Waals surface area contributed by atoms with E-state index in [1.54, 1.807) is 0 Å². The molecular formula is C12H23F3N2O. The minimum absolute atomic E-state index is 0.0604. The molecular weight excluding hydrogens is 245 g/mol. The summed E-state index contributed by atoms with van der Waals surface area (Å²) in [4.78, 5) is 2.05. The molecule has 0 radical (unpaired) electrons. The molecule has 0 aromatic heterocycles. The van der Waals surface area contributed by atoms with Crippen molar-refractivity contribution >= 4 is 0 Å². The average Bonchev–Trinajstić information content (AvgIpc) is 2.26. The molecule has 3 nitrogen and oxygen atoms in total. The summed E-state index contributed by atoms with van der Waals surface area (Å²) in [6.07, 6.45) is -1.28. The standard InChI is InChI=1S/C12H23F3N2O/c1-2-3-10-6-11(16-9-12(13,14)15)8-17(7-10)4-5-18/h10-11,16,18H,2-9H2,1H3. The van der Waals surface area contributed by atoms with Crippen molar-refractivity contribution in [2.45, 2.75) is 38.4 Å². The number of alkyl halides is 3. The molecule has 1 saturated heterocycles. The highest BCUT2D eigenvalue weighted by Gasteiger charge is 2.31. The Kier molecular flexibility index (Phi) is 6.38. The van der Waals surface area contributed by atoms with Gasteiger partial charge in [0.1, 0.15) is 0 Å². The Morgan fingerprint density at radius 1 is 1.33 bits per heavy atom. The third-order valence-corrected chi connectivity index (χ3v) is 3.32. The maximum Gasteiger partial charge on any atom is 0.401 e. The molecule has 2 atom stereocenters. The topological polar surface area (TPSA) is 35.5 Å². The quantitative estimate of drug-likeness (QED) is 0.768. The molecule has 0 aliphatic carbocycles. The lowest BCUT2D eigenvalue weighted by atomic mass is 9.90. The number of β-amino-alcohol motifs (C(OH)–C–C–N with tert-alkyl or cyclic N) is 1. The normalized spacial score (nSPS) is 26.5. The molecule has 2 N–H and O–H groups in total. The summed E-state index contributed by atoms with van der Waals surface area (Å²) < 4.78 is 36.6. The van der Waals surface area contributed by atoms with Crippen LogP contribution in [0.15, 0.2) is 0 Å². The van der Waals surface area contributed by atoms with Crippen molar-refractivity contribution < 1.29 is 18.3 Å². The van der Waals surface area contributed by atoms with E-state index in [4.69, 9.17) is 5.11 Å². The van der Waals surface area contributed by atoms with E-state index in [1.807, 2.05) is 0 Å². The van der Waals surface area contributed by atoms with Crippen LogP contribution in [-0.4, -0.2) is 55.0 Å². The number of hydrogen-bond acceptors (Lipinski definition) is 3. The van der Waals surface area contributed by atoms with Gasteiger partial charge in [0.05, 0.1) is 13.2 Å². The molecule has 1 rings (SSSR count). The van der Waals surface area contributed by atoms with E-state index >= 15 is 0 Å². The zero-order chi connectivity index (χ0) is 13.6. The highest BCUT2D eigenvalue weighted by atomic mass is 19.4. The Morgan fingerprint density at radius 2 is 2.06 bits per heavy atom. The number of likely N-dealkylation sites (tertiary alicyclic amines) is 1. The monoisotopic (exact) mass is 268 g/mol. The summed E-state index contributed by atoms with van der Waals surface area (Å²) in [5.41, 5.74) is 0. The van der Waals surface area contributed by atoms with Crippen LogP contribution >= 0.6 is 0 Å². The van der Waals surface area contributed by atoms with Crippen molar-refractivity contribution in [2.75, 3.05) is 32.8 Å². The maximum absolute atomic E-state index is 12.2. The van der Waals surface area contributed by atoms with Gasteiger partial charge in [-0.25, -0.2) is 0 Å². The van der Waals surface area contributed by atoms with Crippen molar-refractivity contribution in [1.82, 2.24) is 10.2 Å². The number of aliphatic hydroxyl groups is 1. The molecule has 0 aromatic carbocycles. The van der Waals surface area contributed by atoms with Gasteiger partial charge in [0.25, 0.3) is 0 Å². The van der Waals surface area contributed by atoms with Gasteiger partial charge in [-0.2, -0.15) is 13.2 Å². The van der Waals surface area contributed by atoms with Crippen LogP contribution in [0.25, 0.3) is 0 Å². The molecule has 1 heterocycles. The van der Waals surface area contributed by atoms with Gasteiger partial charge in [0.2, 0.25) is 0 Å². The highest BCUT2D eigenvalue weighted by Crippen LogP contribution is 2.22. The summed E-state index contributed by atoms with van der Waals surface area (Å²) in [6.45, 7) is 3.25. The van der Waals surface area contributed by atoms with E-state index in [-0.39, 0.29) is 12.6 Å². The fraction of sp³-hybridized carbons (Fsp3) is 1.00. The molecule has 108 valence electrons. The van der Waals surface area contributed by atoms with Crippen LogP contribution in [-0.2, 0) is 0 Å². The first-order chi connectivity index (χ1) is 8.44. The van der Waals surface area contributed by atoms with Gasteiger partial charge in [0, 0.05) is 25.7 Å². The van der Waals surface area contributed by atoms with Crippen LogP contribution in [0.4, 0.5) is 13.2 Å². The molecule has 1 fully saturated rings. The number of nitrogens with one attached hydrogen (secondary N) is 1. The molecule has 1 aliphatic rings. The summed E-state index contributed by atoms with van der Waals surface area (Å²) in [6, 6.07) is -0.122. The van der Waals surface area contributed by atoms with Crippen LogP contribution in [0.5, 0.6) is 0 Å². The molecule has 0 aromatic rings. The van der Waals surface area contributed by atoms with Crippen LogP contribution in [0, 0.1) is 5.92 Å². The first-order valence-electron chi connectivity index (χ1n) is 6.58. The molecule has 0 amide bonds. The van der Waals surface area contributed by atoms with Crippen molar-refractivity contribution in [2.24, 2.45) is 5.92 Å². The zero-order valence-corrected chi connectivity index (χ0v) is 10.8. The molecule has 0 saturated carbocycles. The molecule has 1 aliphatic heterocycles. The first-order valence-corrected chi connectivity index (χ1v) is 6.58. The first kappa shape index (κ1) is 15.7. The number of aliphatic hydroxyl groups excluding tert-OH is 1. The number of halogens is 3. The van der Waals surface area contributed by atoms with Gasteiger partial charge >= 0.3 is 6.18 Å². The lowest BCUT2D eigenvalue weighted by molar-refractivity contribution is -0.127. The lowest BCUT2D eigenvalue weighted by Gasteiger charge is -2.38. The number of nitrogens with zero attached hydrogens (tertiary/aromatic N) is 1. The van der Waals surface area contributed by atoms with Crippen molar-refractivity contribution in [3.8, 4) is 0 Å². The van der Waals surface area contributed by atoms with E-state index in [9.17, 15) is 13.2 Å². The second-order valence-corrected chi connectivity index (χ2v) is 5.07. The fourth-order valence-corrected chi connectivity index (χ4v) is 2.65. The summed E-state index contributed by atoms with van der Waals surface area (Å²) in [5, 5.41) is 11.5. The Labute approximate surface area is 106 Å². The second-order valence-electron chi connectivity index (χ2n) is 5.07. The number of rotatable bonds is 6. The predicted octanol–water partition coefficient (Wildman–Crippen LogP) is 1.62. The van der Waals surface area contributed by atoms with E-state index < -0.39 is 12.7 Å². The van der Waals surface area contributed by atoms with E-state index in [0.29, 0.717) is 19.0 Å². The van der Waals surface area contributed by atoms with Gasteiger partial charge in [-0.3, -0.25) is 4.90 Å². The zero-order valence-electron chi connectivity index (χ0n) is 10.8. The average molecular weight is 268 g/mol. The van der Waals surface area contributed by atoms with Gasteiger partial charge in [-0.15, -0.1) is 0 Å². The van der Waals surface area contributed by atoms with Crippen molar-refractivity contribution in [3.05, 3.63) is 0 Å². The molecule has 0 bridgehead atoms. The minimum Gasteiger partial charge on any atom is -0.395 e. The third-order valence-electron chi connectivity index (χ3n) is 3.32. The molecule has 0 spiro atoms. The Balaban J connectivity index is 2.44. The van der Waals surface area contributed by atoms with E-state index in [2.05, 4.69) is 17.1 Å². The fourth-order valence-electron chi connectivity index (χ4n) is 2.65. The smallest absolute Gasteiger partial charge is 0.395 e. The van der Waals surface area contributed by atoms with Crippen LogP contribution in [0.1, 0.15) is 26.2 Å². The van der Waals surface area contributed by atoms with Crippen LogP contribution in [0.2, 0.25) is 0 Å². The Bertz CT molecular complexity index is 222. The number of piperidine rings is 1. The Hall–Kier alpha value is -0.330. The van der Waals surface area contributed by atoms with Crippen molar-refractivity contribution in [1.29, 1.82) is 0 Å². The summed E-state index contributed by atoms with van der Waals surface area (Å²) in [5.74, 6) is 0.432. The van der Waals surface area contributed by atoms with Gasteiger partial charge in [-0.1, -0.05) is 13.3 Å². The highest BCUT2D eigenvalue weighted by molar-refractivity contribution is 4.83. The van der Waals surface area contributed by atoms with Crippen molar-refractivity contribution in [3.63, 3.8) is 0 Å². The maximum atomic E-state index is 12.2. The number of hydrogen-bond donors (Lipinski definition) is 2. The molecule has 18 heavy (non-hydrogen) atoms.